The van der Waals surface area contributed by atoms with E-state index in [0.717, 1.165) is 33.6 Å². The molecule has 0 saturated carbocycles. The number of carbonyl (C=O) groups excluding carboxylic acids is 2. The molecule has 0 radical (unpaired) electrons. The van der Waals surface area contributed by atoms with Crippen LogP contribution in [0.1, 0.15) is 22.3 Å². The number of benzene rings is 3. The Labute approximate surface area is 248 Å². The Balaban J connectivity index is 1.34. The summed E-state index contributed by atoms with van der Waals surface area (Å²) >= 11 is 7.46. The number of nitrogens with zero attached hydrogens (tertiary/aromatic N) is 1. The number of carbonyl (C=O) groups is 2. The molecule has 0 aliphatic carbocycles. The van der Waals surface area contributed by atoms with Gasteiger partial charge in [-0.1, -0.05) is 78.9 Å². The van der Waals surface area contributed by atoms with Crippen LogP contribution in [0.5, 0.6) is 5.75 Å². The highest BCUT2D eigenvalue weighted by molar-refractivity contribution is 8.00. The number of hydrogen-bond acceptors (Lipinski definition) is 6. The van der Waals surface area contributed by atoms with Crippen molar-refractivity contribution in [3.8, 4) is 5.75 Å². The molecule has 2 aliphatic rings. The predicted molar refractivity (Wildman–Crippen MR) is 161 cm³/mol. The van der Waals surface area contributed by atoms with Crippen LogP contribution in [0.3, 0.4) is 0 Å². The highest BCUT2D eigenvalue weighted by Gasteiger charge is 2.53. The zero-order valence-corrected chi connectivity index (χ0v) is 24.1. The number of thioether (sulfide) groups is 1. The second-order valence-corrected chi connectivity index (χ2v) is 11.1. The molecule has 1 fully saturated rings. The number of methoxy groups -OCH3 is 1. The highest BCUT2D eigenvalue weighted by atomic mass is 35.5. The average Bonchev–Trinajstić information content (AvgIpc) is 3.02. The van der Waals surface area contributed by atoms with E-state index in [1.54, 1.807) is 23.8 Å². The fourth-order valence-electron chi connectivity index (χ4n) is 4.73. The van der Waals surface area contributed by atoms with Crippen molar-refractivity contribution in [2.24, 2.45) is 0 Å². The number of allylic oxidation sites excluding steroid dienone is 1. The van der Waals surface area contributed by atoms with Gasteiger partial charge in [0, 0.05) is 11.6 Å². The molecule has 212 valence electrons. The van der Waals surface area contributed by atoms with Crippen LogP contribution < -0.4 is 10.1 Å². The molecule has 2 N–H and O–H groups in total. The number of amides is 2. The molecule has 3 aromatic carbocycles. The van der Waals surface area contributed by atoms with Gasteiger partial charge in [-0.15, -0.1) is 23.4 Å². The fourth-order valence-corrected chi connectivity index (χ4v) is 6.25. The molecule has 3 atom stereocenters. The summed E-state index contributed by atoms with van der Waals surface area (Å²) in [5.41, 5.74) is 4.89. The summed E-state index contributed by atoms with van der Waals surface area (Å²) in [5, 5.41) is 13.8. The number of rotatable bonds is 11. The third-order valence-electron chi connectivity index (χ3n) is 6.98. The van der Waals surface area contributed by atoms with Gasteiger partial charge in [0.2, 0.25) is 5.91 Å². The standard InChI is InChI=1S/C32H31ClN2O5S/c1-39-26-15-12-24(13-16-26)19-40-32(38)29-25(14-11-21-7-9-23(18-33)10-8-21)20-41-31-28(30(37)35(29)31)34-27(36)17-22-5-3-2-4-6-22/h2-16,28,31-32,38H,17-20H2,1H3,(H,34,36)/b14-11-/t28-,31+,32?/m1/s1. The van der Waals surface area contributed by atoms with Crippen molar-refractivity contribution in [1.82, 2.24) is 10.2 Å². The van der Waals surface area contributed by atoms with Crippen LogP contribution >= 0.6 is 23.4 Å². The number of fused-ring (bicyclic) bond motifs is 1. The smallest absolute Gasteiger partial charge is 0.253 e. The zero-order chi connectivity index (χ0) is 28.8. The molecule has 1 unspecified atom stereocenters. The van der Waals surface area contributed by atoms with Crippen LogP contribution in [-0.4, -0.2) is 52.4 Å². The topological polar surface area (TPSA) is 88.1 Å². The number of aliphatic hydroxyl groups excluding tert-OH is 1. The van der Waals surface area contributed by atoms with Crippen molar-refractivity contribution in [3.63, 3.8) is 0 Å². The first-order chi connectivity index (χ1) is 20.0. The lowest BCUT2D eigenvalue weighted by Gasteiger charge is -2.51. The van der Waals surface area contributed by atoms with Crippen LogP contribution in [0, 0.1) is 0 Å². The number of halogens is 1. The summed E-state index contributed by atoms with van der Waals surface area (Å²) in [5.74, 6) is 1.21. The number of hydrogen-bond donors (Lipinski definition) is 2. The molecule has 0 spiro atoms. The van der Waals surface area contributed by atoms with Crippen molar-refractivity contribution in [3.05, 3.63) is 118 Å². The maximum atomic E-state index is 13.4. The first-order valence-corrected chi connectivity index (χ1v) is 14.8. The molecular formula is C32H31ClN2O5S. The van der Waals surface area contributed by atoms with Gasteiger partial charge in [0.15, 0.2) is 6.29 Å². The summed E-state index contributed by atoms with van der Waals surface area (Å²) < 4.78 is 11.1. The van der Waals surface area contributed by atoms with E-state index in [2.05, 4.69) is 5.32 Å². The van der Waals surface area contributed by atoms with Gasteiger partial charge in [-0.2, -0.15) is 0 Å². The minimum Gasteiger partial charge on any atom is -0.497 e. The minimum absolute atomic E-state index is 0.141. The average molecular weight is 591 g/mol. The van der Waals surface area contributed by atoms with E-state index < -0.39 is 12.3 Å². The lowest BCUT2D eigenvalue weighted by molar-refractivity contribution is -0.153. The molecule has 9 heteroatoms. The third kappa shape index (κ3) is 6.85. The Morgan fingerprint density at radius 1 is 1.05 bits per heavy atom. The SMILES string of the molecule is COc1ccc(COC(O)C2=C(/C=C\c3ccc(CCl)cc3)CS[C@H]3[C@H](NC(=O)Cc4ccccc4)C(=O)N23)cc1. The Kier molecular flexibility index (Phi) is 9.46. The van der Waals surface area contributed by atoms with Gasteiger partial charge < -0.3 is 19.9 Å². The maximum absolute atomic E-state index is 13.4. The molecule has 5 rings (SSSR count). The van der Waals surface area contributed by atoms with E-state index in [0.29, 0.717) is 17.3 Å². The van der Waals surface area contributed by atoms with Crippen LogP contribution in [0.15, 0.2) is 96.2 Å². The Hall–Kier alpha value is -3.56. The Morgan fingerprint density at radius 2 is 1.76 bits per heavy atom. The van der Waals surface area contributed by atoms with Crippen LogP contribution in [0.4, 0.5) is 0 Å². The summed E-state index contributed by atoms with van der Waals surface area (Å²) in [6.45, 7) is 0.141. The van der Waals surface area contributed by atoms with E-state index in [4.69, 9.17) is 21.1 Å². The quantitative estimate of drug-likeness (QED) is 0.188. The van der Waals surface area contributed by atoms with E-state index in [1.807, 2.05) is 91.0 Å². The summed E-state index contributed by atoms with van der Waals surface area (Å²) in [6, 6.07) is 24.0. The normalized spacial score (nSPS) is 19.1. The zero-order valence-electron chi connectivity index (χ0n) is 22.5. The molecule has 3 aromatic rings. The minimum atomic E-state index is -1.34. The number of β-lactam (4-membered cyclic amide) rings is 1. The number of nitrogens with one attached hydrogen (secondary N) is 1. The summed E-state index contributed by atoms with van der Waals surface area (Å²) in [6.07, 6.45) is 2.69. The first-order valence-electron chi connectivity index (χ1n) is 13.2. The van der Waals surface area contributed by atoms with Gasteiger partial charge in [0.1, 0.15) is 17.2 Å². The molecule has 2 aliphatic heterocycles. The van der Waals surface area contributed by atoms with Crippen molar-refractivity contribution in [2.45, 2.75) is 36.6 Å². The largest absolute Gasteiger partial charge is 0.497 e. The van der Waals surface area contributed by atoms with E-state index in [9.17, 15) is 14.7 Å². The fraction of sp³-hybridized carbons (Fsp3) is 0.250. The monoisotopic (exact) mass is 590 g/mol. The second kappa shape index (κ2) is 13.4. The van der Waals surface area contributed by atoms with Gasteiger partial charge in [-0.25, -0.2) is 0 Å². The predicted octanol–water partition coefficient (Wildman–Crippen LogP) is 4.88. The number of alkyl halides is 1. The lowest BCUT2D eigenvalue weighted by atomic mass is 10.0. The van der Waals surface area contributed by atoms with Crippen molar-refractivity contribution in [2.75, 3.05) is 12.9 Å². The van der Waals surface area contributed by atoms with E-state index in [-0.39, 0.29) is 30.2 Å². The molecule has 0 aromatic heterocycles. The molecule has 7 nitrogen and oxygen atoms in total. The Morgan fingerprint density at radius 3 is 2.44 bits per heavy atom. The molecule has 41 heavy (non-hydrogen) atoms. The van der Waals surface area contributed by atoms with Crippen LogP contribution in [0.2, 0.25) is 0 Å². The second-order valence-electron chi connectivity index (χ2n) is 9.75. The molecule has 2 heterocycles. The van der Waals surface area contributed by atoms with Crippen LogP contribution in [0.25, 0.3) is 6.08 Å². The lowest BCUT2D eigenvalue weighted by Crippen LogP contribution is -2.71. The van der Waals surface area contributed by atoms with Gasteiger partial charge in [0.25, 0.3) is 5.91 Å². The van der Waals surface area contributed by atoms with Crippen LogP contribution in [-0.2, 0) is 33.2 Å². The summed E-state index contributed by atoms with van der Waals surface area (Å²) in [4.78, 5) is 27.7. The van der Waals surface area contributed by atoms with Gasteiger partial charge in [-0.3, -0.25) is 14.5 Å². The van der Waals surface area contributed by atoms with Gasteiger partial charge in [-0.05, 0) is 40.0 Å². The molecule has 1 saturated heterocycles. The van der Waals surface area contributed by atoms with Crippen molar-refractivity contribution in [1.29, 1.82) is 0 Å². The maximum Gasteiger partial charge on any atom is 0.253 e. The van der Waals surface area contributed by atoms with Gasteiger partial charge in [0.05, 0.1) is 25.8 Å². The summed E-state index contributed by atoms with van der Waals surface area (Å²) in [7, 11) is 1.60. The van der Waals surface area contributed by atoms with E-state index >= 15 is 0 Å². The third-order valence-corrected chi connectivity index (χ3v) is 8.59. The number of aliphatic hydroxyl groups is 1. The van der Waals surface area contributed by atoms with Crippen molar-refractivity contribution >= 4 is 41.3 Å². The molecule has 0 bridgehead atoms. The van der Waals surface area contributed by atoms with Gasteiger partial charge >= 0.3 is 0 Å². The first kappa shape index (κ1) is 29.0. The molecular weight excluding hydrogens is 560 g/mol. The van der Waals surface area contributed by atoms with E-state index in [1.165, 1.54) is 0 Å². The molecule has 2 amide bonds. The Bertz CT molecular complexity index is 1430. The highest BCUT2D eigenvalue weighted by Crippen LogP contribution is 2.42. The van der Waals surface area contributed by atoms with Crippen molar-refractivity contribution < 1.29 is 24.2 Å². The number of ether oxygens (including phenoxy) is 2.